The van der Waals surface area contributed by atoms with Gasteiger partial charge >= 0.3 is 0 Å². The maximum atomic E-state index is 5.34. The van der Waals surface area contributed by atoms with E-state index >= 15 is 0 Å². The van der Waals surface area contributed by atoms with Crippen molar-refractivity contribution in [3.05, 3.63) is 483 Å². The second kappa shape index (κ2) is 33.4. The highest BCUT2D eigenvalue weighted by atomic mass is 15.2. The molecule has 660 valence electrons. The van der Waals surface area contributed by atoms with E-state index < -0.39 is 0 Å². The van der Waals surface area contributed by atoms with Gasteiger partial charge in [-0.1, -0.05) is 398 Å². The van der Waals surface area contributed by atoms with Crippen LogP contribution in [-0.4, -0.2) is 58.1 Å². The van der Waals surface area contributed by atoms with Gasteiger partial charge in [-0.05, 0) is 158 Å². The average molecular weight is 1790 g/mol. The van der Waals surface area contributed by atoms with Gasteiger partial charge in [0.1, 0.15) is 0 Å². The lowest BCUT2D eigenvalue weighted by Crippen LogP contribution is -2.15. The lowest BCUT2D eigenvalue weighted by molar-refractivity contribution is 0.661. The van der Waals surface area contributed by atoms with Crippen molar-refractivity contribution < 1.29 is 0 Å². The van der Waals surface area contributed by atoms with Gasteiger partial charge in [-0.15, -0.1) is 0 Å². The SMILES string of the molecule is CC1(C)c2ccccc2-c2cc3c4ccccc4n(-c4cccc(-c5nc(-c6ccccc6)nc(-c6ccc(-c7ccccc7)cc6)n5)c4)c3cc21.CC1(C)c2ccccc2-c2cc3c4ccccc4n(-c4nc(-c5ccc(-c6ccccc6)cc5)c5ccccc5n4)c3cc21.c1ccc(-c2nc(-c3ccccc3)nc(-n3c4ccccc4c4cc5c6ccccc6n(-c6ccccc6)c5cc43)n2)cc1. The molecular weight excluding hydrogens is 1710 g/mol. The molecule has 0 unspecified atom stereocenters. The molecular formula is C128H88N12. The van der Waals surface area contributed by atoms with Gasteiger partial charge in [-0.25, -0.2) is 29.9 Å². The first-order chi connectivity index (χ1) is 68.9. The van der Waals surface area contributed by atoms with E-state index in [4.69, 9.17) is 39.9 Å². The largest absolute Gasteiger partial charge is 0.309 e. The van der Waals surface area contributed by atoms with Crippen molar-refractivity contribution in [3.8, 4) is 136 Å². The molecule has 0 saturated carbocycles. The van der Waals surface area contributed by atoms with Gasteiger partial charge in [0, 0.05) is 104 Å². The molecule has 0 N–H and O–H groups in total. The Morgan fingerprint density at radius 2 is 0.464 bits per heavy atom. The number of rotatable bonds is 12. The molecule has 2 aliphatic rings. The highest BCUT2D eigenvalue weighted by Crippen LogP contribution is 2.54. The molecule has 140 heavy (non-hydrogen) atoms. The number of para-hydroxylation sites is 6. The molecule has 0 aliphatic heterocycles. The van der Waals surface area contributed by atoms with E-state index in [1.807, 2.05) is 97.1 Å². The van der Waals surface area contributed by atoms with Crippen molar-refractivity contribution in [2.24, 2.45) is 0 Å². The van der Waals surface area contributed by atoms with Crippen LogP contribution in [0.1, 0.15) is 49.9 Å². The topological polar surface area (TPSA) is 123 Å². The molecule has 12 heteroatoms. The van der Waals surface area contributed by atoms with Gasteiger partial charge in [0.2, 0.25) is 11.9 Å². The number of hydrogen-bond donors (Lipinski definition) is 0. The maximum Gasteiger partial charge on any atom is 0.238 e. The normalized spacial score (nSPS) is 12.7. The molecule has 12 nitrogen and oxygen atoms in total. The summed E-state index contributed by atoms with van der Waals surface area (Å²) in [5.74, 6) is 4.47. The first kappa shape index (κ1) is 82.4. The van der Waals surface area contributed by atoms with Crippen molar-refractivity contribution in [1.29, 1.82) is 0 Å². The highest BCUT2D eigenvalue weighted by molar-refractivity contribution is 6.20. The molecule has 2 aliphatic carbocycles. The van der Waals surface area contributed by atoms with Gasteiger partial charge in [0.05, 0.1) is 55.3 Å². The van der Waals surface area contributed by atoms with Crippen molar-refractivity contribution in [1.82, 2.24) is 58.1 Å². The number of nitrogens with zero attached hydrogens (tertiary/aromatic N) is 12. The Morgan fingerprint density at radius 1 is 0.164 bits per heavy atom. The predicted octanol–water partition coefficient (Wildman–Crippen LogP) is 31.7. The van der Waals surface area contributed by atoms with Crippen LogP contribution < -0.4 is 0 Å². The molecule has 7 aromatic heterocycles. The summed E-state index contributed by atoms with van der Waals surface area (Å²) in [5, 5.41) is 10.7. The first-order valence-corrected chi connectivity index (χ1v) is 47.7. The molecule has 0 amide bonds. The van der Waals surface area contributed by atoms with Crippen LogP contribution in [0.4, 0.5) is 0 Å². The third kappa shape index (κ3) is 13.9. The maximum absolute atomic E-state index is 5.34. The van der Waals surface area contributed by atoms with Crippen molar-refractivity contribution in [2.75, 3.05) is 0 Å². The lowest BCUT2D eigenvalue weighted by Gasteiger charge is -2.21. The summed E-state index contributed by atoms with van der Waals surface area (Å²) in [6.45, 7) is 9.35. The Bertz CT molecular complexity index is 9340. The zero-order valence-corrected chi connectivity index (χ0v) is 77.2. The van der Waals surface area contributed by atoms with E-state index in [9.17, 15) is 0 Å². The zero-order chi connectivity index (χ0) is 93.3. The zero-order valence-electron chi connectivity index (χ0n) is 77.2. The quantitative estimate of drug-likeness (QED) is 0.119. The average Bonchev–Trinajstić information content (AvgIpc) is 1.55. The van der Waals surface area contributed by atoms with Gasteiger partial charge in [0.15, 0.2) is 29.1 Å². The first-order valence-electron chi connectivity index (χ1n) is 47.7. The van der Waals surface area contributed by atoms with E-state index in [1.165, 1.54) is 110 Å². The minimum atomic E-state index is -0.0999. The third-order valence-electron chi connectivity index (χ3n) is 28.5. The van der Waals surface area contributed by atoms with Crippen molar-refractivity contribution >= 4 is 98.1 Å². The molecule has 0 saturated heterocycles. The van der Waals surface area contributed by atoms with Gasteiger partial charge in [0.25, 0.3) is 0 Å². The number of fused-ring (bicyclic) bond motifs is 19. The fourth-order valence-corrected chi connectivity index (χ4v) is 21.6. The Hall–Kier alpha value is -18.3. The highest BCUT2D eigenvalue weighted by Gasteiger charge is 2.39. The standard InChI is InChI=1S/C48H34N4.C41H29N3.C39H25N5/c1-48(2)41-22-11-9-20-37(41)39-29-40-38-21-10-12-23-43(38)52(44(40)30-42(39)48)36-19-13-18-35(28-36)47-50-45(33-16-7-4-8-17-33)49-46(51-47)34-26-24-32(25-27-34)31-14-5-3-6-15-31;1-41(2)34-17-9-6-14-29(34)32-24-33-30-15-8-11-19-37(30)44(38(33)25-35(32)41)40-42-36-18-10-7-16-31(36)39(43-40)28-22-20-27(21-23-28)26-12-4-3-5-13-26;1-4-14-26(15-5-1)37-40-38(27-16-6-2-7-17-27)42-39(41-37)44-34-23-13-11-21-30(34)32-24-31-29-20-10-12-22-33(29)43(35(31)25-36(32)44)28-18-8-3-9-19-28/h3-30H,1-2H3;3-25H,1-2H3;1-25H. The van der Waals surface area contributed by atoms with Gasteiger partial charge in [-0.2, -0.15) is 9.97 Å². The molecule has 28 rings (SSSR count). The van der Waals surface area contributed by atoms with Crippen LogP contribution in [0.5, 0.6) is 0 Å². The smallest absolute Gasteiger partial charge is 0.238 e. The molecule has 0 spiro atoms. The van der Waals surface area contributed by atoms with Gasteiger partial charge in [-0.3, -0.25) is 9.13 Å². The fraction of sp³-hybridized carbons (Fsp3) is 0.0469. The van der Waals surface area contributed by atoms with Crippen molar-refractivity contribution in [2.45, 2.75) is 38.5 Å². The van der Waals surface area contributed by atoms with Crippen LogP contribution in [-0.2, 0) is 10.8 Å². The van der Waals surface area contributed by atoms with E-state index in [-0.39, 0.29) is 10.8 Å². The summed E-state index contributed by atoms with van der Waals surface area (Å²) < 4.78 is 9.20. The third-order valence-corrected chi connectivity index (χ3v) is 28.5. The van der Waals surface area contributed by atoms with E-state index in [2.05, 4.69) is 410 Å². The Balaban J connectivity index is 0.000000109. The predicted molar refractivity (Wildman–Crippen MR) is 575 cm³/mol. The molecule has 0 radical (unpaired) electrons. The van der Waals surface area contributed by atoms with Gasteiger partial charge < -0.3 is 9.13 Å². The van der Waals surface area contributed by atoms with E-state index in [0.29, 0.717) is 41.0 Å². The molecule has 0 atom stereocenters. The Labute approximate surface area is 808 Å². The summed E-state index contributed by atoms with van der Waals surface area (Å²) in [4.78, 5) is 40.9. The Kier molecular flexibility index (Phi) is 19.6. The lowest BCUT2D eigenvalue weighted by atomic mass is 9.82. The summed E-state index contributed by atoms with van der Waals surface area (Å²) in [6, 6.07) is 162. The number of aromatic nitrogens is 12. The summed E-state index contributed by atoms with van der Waals surface area (Å²) in [5.41, 5.74) is 34.1. The Morgan fingerprint density at radius 3 is 0.929 bits per heavy atom. The number of benzene rings is 19. The minimum Gasteiger partial charge on any atom is -0.309 e. The molecule has 7 heterocycles. The minimum absolute atomic E-state index is 0.0995. The molecule has 0 fully saturated rings. The summed E-state index contributed by atoms with van der Waals surface area (Å²) in [7, 11) is 0. The van der Waals surface area contributed by atoms with Crippen LogP contribution in [0.15, 0.2) is 461 Å². The second-order valence-corrected chi connectivity index (χ2v) is 37.3. The molecule has 19 aromatic carbocycles. The van der Waals surface area contributed by atoms with Crippen LogP contribution in [0.25, 0.3) is 234 Å². The second-order valence-electron chi connectivity index (χ2n) is 37.3. The van der Waals surface area contributed by atoms with Crippen LogP contribution in [0.3, 0.4) is 0 Å². The van der Waals surface area contributed by atoms with Crippen LogP contribution in [0, 0.1) is 0 Å². The van der Waals surface area contributed by atoms with Crippen molar-refractivity contribution in [3.63, 3.8) is 0 Å². The van der Waals surface area contributed by atoms with Crippen LogP contribution >= 0.6 is 0 Å². The van der Waals surface area contributed by atoms with E-state index in [0.717, 1.165) is 105 Å². The fourth-order valence-electron chi connectivity index (χ4n) is 21.6. The monoisotopic (exact) mass is 1790 g/mol. The molecule has 0 bridgehead atoms. The summed E-state index contributed by atoms with van der Waals surface area (Å²) in [6.07, 6.45) is 0. The van der Waals surface area contributed by atoms with Crippen LogP contribution in [0.2, 0.25) is 0 Å². The van der Waals surface area contributed by atoms with E-state index in [1.54, 1.807) is 0 Å². The summed E-state index contributed by atoms with van der Waals surface area (Å²) >= 11 is 0. The molecule has 26 aromatic rings. The number of hydrogen-bond acceptors (Lipinski definition) is 8.